The molecule has 1 aromatic rings. The quantitative estimate of drug-likeness (QED) is 0.625. The third-order valence-electron chi connectivity index (χ3n) is 3.61. The van der Waals surface area contributed by atoms with Gasteiger partial charge < -0.3 is 5.32 Å². The molecule has 0 aliphatic heterocycles. The predicted molar refractivity (Wildman–Crippen MR) is 64.6 cm³/mol. The molecule has 1 N–H and O–H groups in total. The van der Waals surface area contributed by atoms with Crippen LogP contribution in [0.3, 0.4) is 0 Å². The highest BCUT2D eigenvalue weighted by Crippen LogP contribution is 2.26. The highest BCUT2D eigenvalue weighted by atomic mass is 19.2. The highest BCUT2D eigenvalue weighted by molar-refractivity contribution is 5.19. The second-order valence-corrected chi connectivity index (χ2v) is 4.97. The zero-order valence-electron chi connectivity index (χ0n) is 10.3. The van der Waals surface area contributed by atoms with Crippen molar-refractivity contribution in [2.24, 2.45) is 5.92 Å². The zero-order chi connectivity index (χ0) is 13.0. The van der Waals surface area contributed by atoms with Crippen LogP contribution < -0.4 is 5.32 Å². The molecular weight excluding hydrogens is 239 g/mol. The van der Waals surface area contributed by atoms with Gasteiger partial charge in [0.15, 0.2) is 11.6 Å². The Hall–Kier alpha value is -1.03. The van der Waals surface area contributed by atoms with Gasteiger partial charge in [0.1, 0.15) is 5.82 Å². The van der Waals surface area contributed by atoms with Crippen LogP contribution in [0, 0.1) is 23.4 Å². The normalized spacial score (nSPS) is 16.4. The summed E-state index contributed by atoms with van der Waals surface area (Å²) in [5, 5.41) is 3.09. The van der Waals surface area contributed by atoms with Crippen molar-refractivity contribution < 1.29 is 13.2 Å². The summed E-state index contributed by atoms with van der Waals surface area (Å²) >= 11 is 0. The maximum atomic E-state index is 13.3. The van der Waals surface area contributed by atoms with E-state index >= 15 is 0 Å². The fraction of sp³-hybridized carbons (Fsp3) is 0.571. The van der Waals surface area contributed by atoms with Crippen LogP contribution in [0.4, 0.5) is 13.2 Å². The summed E-state index contributed by atoms with van der Waals surface area (Å²) in [4.78, 5) is 0. The summed E-state index contributed by atoms with van der Waals surface area (Å²) in [5.41, 5.74) is 0.181. The minimum absolute atomic E-state index is 0.181. The van der Waals surface area contributed by atoms with Gasteiger partial charge in [0, 0.05) is 18.2 Å². The lowest BCUT2D eigenvalue weighted by molar-refractivity contribution is 0.467. The molecule has 0 aromatic heterocycles. The highest BCUT2D eigenvalue weighted by Gasteiger charge is 2.14. The molecule has 1 aliphatic rings. The third kappa shape index (κ3) is 3.48. The van der Waals surface area contributed by atoms with Gasteiger partial charge in [0.25, 0.3) is 0 Å². The molecule has 0 spiro atoms. The number of benzene rings is 1. The fourth-order valence-electron chi connectivity index (χ4n) is 2.53. The van der Waals surface area contributed by atoms with Crippen LogP contribution in [-0.4, -0.2) is 6.54 Å². The molecule has 100 valence electrons. The van der Waals surface area contributed by atoms with Crippen molar-refractivity contribution in [2.45, 2.75) is 38.6 Å². The summed E-state index contributed by atoms with van der Waals surface area (Å²) in [6.45, 7) is 1.04. The molecule has 0 radical (unpaired) electrons. The number of nitrogens with one attached hydrogen (secondary N) is 1. The van der Waals surface area contributed by atoms with Gasteiger partial charge >= 0.3 is 0 Å². The molecule has 1 nitrogen and oxygen atoms in total. The molecule has 0 bridgehead atoms. The predicted octanol–water partition coefficient (Wildman–Crippen LogP) is 3.77. The molecule has 0 saturated heterocycles. The Kier molecular flexibility index (Phi) is 4.64. The monoisotopic (exact) mass is 257 g/mol. The van der Waals surface area contributed by atoms with Gasteiger partial charge in [-0.3, -0.25) is 0 Å². The number of hydrogen-bond acceptors (Lipinski definition) is 1. The van der Waals surface area contributed by atoms with E-state index in [1.165, 1.54) is 25.7 Å². The lowest BCUT2D eigenvalue weighted by Gasteiger charge is -2.10. The van der Waals surface area contributed by atoms with E-state index in [0.29, 0.717) is 6.07 Å². The Morgan fingerprint density at radius 2 is 1.67 bits per heavy atom. The maximum absolute atomic E-state index is 13.3. The summed E-state index contributed by atoms with van der Waals surface area (Å²) in [6.07, 6.45) is 6.25. The van der Waals surface area contributed by atoms with Crippen molar-refractivity contribution in [1.82, 2.24) is 5.32 Å². The van der Waals surface area contributed by atoms with Gasteiger partial charge in [-0.05, 0) is 24.9 Å². The standard InChI is InChI=1S/C14H18F3N/c15-12-8-14(17)13(16)7-11(12)9-18-6-5-10-3-1-2-4-10/h7-8,10,18H,1-6,9H2. The molecule has 1 fully saturated rings. The smallest absolute Gasteiger partial charge is 0.161 e. The third-order valence-corrected chi connectivity index (χ3v) is 3.61. The summed E-state index contributed by atoms with van der Waals surface area (Å²) in [7, 11) is 0. The van der Waals surface area contributed by atoms with Gasteiger partial charge in [-0.2, -0.15) is 0 Å². The van der Waals surface area contributed by atoms with Crippen LogP contribution in [0.5, 0.6) is 0 Å². The number of hydrogen-bond donors (Lipinski definition) is 1. The molecule has 18 heavy (non-hydrogen) atoms. The Morgan fingerprint density at radius 1 is 1.00 bits per heavy atom. The molecule has 4 heteroatoms. The first-order chi connectivity index (χ1) is 8.66. The van der Waals surface area contributed by atoms with Gasteiger partial charge in [-0.1, -0.05) is 25.7 Å². The van der Waals surface area contributed by atoms with Crippen LogP contribution in [0.1, 0.15) is 37.7 Å². The van der Waals surface area contributed by atoms with Crippen LogP contribution in [-0.2, 0) is 6.54 Å². The van der Waals surface area contributed by atoms with E-state index in [1.54, 1.807) is 0 Å². The van der Waals surface area contributed by atoms with Crippen LogP contribution in [0.25, 0.3) is 0 Å². The SMILES string of the molecule is Fc1cc(F)c(CNCCC2CCCC2)cc1F. The van der Waals surface area contributed by atoms with Crippen LogP contribution in [0.2, 0.25) is 0 Å². The average molecular weight is 257 g/mol. The molecule has 0 heterocycles. The van der Waals surface area contributed by atoms with Crippen molar-refractivity contribution in [1.29, 1.82) is 0 Å². The van der Waals surface area contributed by atoms with Crippen molar-refractivity contribution in [3.8, 4) is 0 Å². The molecule has 2 rings (SSSR count). The molecule has 0 atom stereocenters. The van der Waals surface area contributed by atoms with Crippen molar-refractivity contribution in [2.75, 3.05) is 6.54 Å². The van der Waals surface area contributed by atoms with Gasteiger partial charge in [0.2, 0.25) is 0 Å². The van der Waals surface area contributed by atoms with E-state index in [1.807, 2.05) is 0 Å². The molecule has 0 unspecified atom stereocenters. The minimum atomic E-state index is -1.14. The van der Waals surface area contributed by atoms with Gasteiger partial charge in [-0.15, -0.1) is 0 Å². The van der Waals surface area contributed by atoms with E-state index in [2.05, 4.69) is 5.32 Å². The van der Waals surface area contributed by atoms with Crippen LogP contribution in [0.15, 0.2) is 12.1 Å². The van der Waals surface area contributed by atoms with Crippen molar-refractivity contribution >= 4 is 0 Å². The van der Waals surface area contributed by atoms with Gasteiger partial charge in [-0.25, -0.2) is 13.2 Å². The van der Waals surface area contributed by atoms with E-state index in [9.17, 15) is 13.2 Å². The molecule has 1 aromatic carbocycles. The average Bonchev–Trinajstić information content (AvgIpc) is 2.84. The Labute approximate surface area is 105 Å². The first-order valence-corrected chi connectivity index (χ1v) is 6.51. The maximum Gasteiger partial charge on any atom is 0.161 e. The van der Waals surface area contributed by atoms with E-state index in [-0.39, 0.29) is 12.1 Å². The zero-order valence-corrected chi connectivity index (χ0v) is 10.3. The topological polar surface area (TPSA) is 12.0 Å². The largest absolute Gasteiger partial charge is 0.313 e. The first kappa shape index (κ1) is 13.4. The van der Waals surface area contributed by atoms with E-state index < -0.39 is 17.5 Å². The second-order valence-electron chi connectivity index (χ2n) is 4.97. The first-order valence-electron chi connectivity index (χ1n) is 6.51. The minimum Gasteiger partial charge on any atom is -0.313 e. The van der Waals surface area contributed by atoms with E-state index in [0.717, 1.165) is 24.9 Å². The van der Waals surface area contributed by atoms with Crippen LogP contribution >= 0.6 is 0 Å². The van der Waals surface area contributed by atoms with Crippen molar-refractivity contribution in [3.05, 3.63) is 35.1 Å². The Morgan fingerprint density at radius 3 is 2.39 bits per heavy atom. The summed E-state index contributed by atoms with van der Waals surface area (Å²) < 4.78 is 39.0. The van der Waals surface area contributed by atoms with Crippen molar-refractivity contribution in [3.63, 3.8) is 0 Å². The summed E-state index contributed by atoms with van der Waals surface area (Å²) in [5.74, 6) is -2.05. The molecular formula is C14H18F3N. The Bertz CT molecular complexity index is 400. The Balaban J connectivity index is 1.77. The van der Waals surface area contributed by atoms with Gasteiger partial charge in [0.05, 0.1) is 0 Å². The van der Waals surface area contributed by atoms with E-state index in [4.69, 9.17) is 0 Å². The summed E-state index contributed by atoms with van der Waals surface area (Å²) in [6, 6.07) is 1.52. The molecule has 0 amide bonds. The number of halogens is 3. The lowest BCUT2D eigenvalue weighted by atomic mass is 10.0. The molecule has 1 saturated carbocycles. The second kappa shape index (κ2) is 6.23. The fourth-order valence-corrected chi connectivity index (χ4v) is 2.53. The number of rotatable bonds is 5. The molecule has 1 aliphatic carbocycles. The lowest BCUT2D eigenvalue weighted by Crippen LogP contribution is -2.18.